The van der Waals surface area contributed by atoms with Crippen LogP contribution in [0.25, 0.3) is 0 Å². The normalized spacial score (nSPS) is 9.83. The summed E-state index contributed by atoms with van der Waals surface area (Å²) >= 11 is 4.14. The number of anilines is 1. The lowest BCUT2D eigenvalue weighted by molar-refractivity contribution is 1.13. The number of benzene rings is 1. The van der Waals surface area contributed by atoms with E-state index in [0.717, 1.165) is 18.7 Å². The Labute approximate surface area is 79.6 Å². The van der Waals surface area contributed by atoms with E-state index in [0.29, 0.717) is 0 Å². The summed E-state index contributed by atoms with van der Waals surface area (Å²) in [6, 6.07) is 8.50. The molecule has 1 N–H and O–H groups in total. The fourth-order valence-electron chi connectivity index (χ4n) is 1.10. The molecule has 0 radical (unpaired) electrons. The minimum absolute atomic E-state index is 0.871. The molecule has 0 spiro atoms. The fraction of sp³-hybridized carbons (Fsp3) is 0.400. The molecular weight excluding hydrogens is 166 g/mol. The summed E-state index contributed by atoms with van der Waals surface area (Å²) in [5, 5.41) is 3.29. The largest absolute Gasteiger partial charge is 0.384 e. The van der Waals surface area contributed by atoms with Crippen LogP contribution in [0.4, 0.5) is 5.69 Å². The zero-order valence-electron chi connectivity index (χ0n) is 7.38. The molecule has 0 saturated carbocycles. The second-order valence-corrected chi connectivity index (χ2v) is 3.15. The minimum atomic E-state index is 0.871. The lowest BCUT2D eigenvalue weighted by atomic mass is 10.1. The molecule has 0 unspecified atom stereocenters. The van der Waals surface area contributed by atoms with Gasteiger partial charge in [0.2, 0.25) is 0 Å². The van der Waals surface area contributed by atoms with Crippen molar-refractivity contribution in [3.63, 3.8) is 0 Å². The summed E-state index contributed by atoms with van der Waals surface area (Å²) in [5.74, 6) is 0.871. The van der Waals surface area contributed by atoms with Crippen LogP contribution in [0, 0.1) is 0 Å². The number of hydrogen-bond donors (Lipinski definition) is 2. The van der Waals surface area contributed by atoms with Crippen LogP contribution < -0.4 is 5.32 Å². The van der Waals surface area contributed by atoms with Crippen LogP contribution >= 0.6 is 12.6 Å². The summed E-state index contributed by atoms with van der Waals surface area (Å²) in [6.07, 6.45) is 1.09. The molecule has 1 aromatic carbocycles. The molecule has 0 aliphatic carbocycles. The third-order valence-electron chi connectivity index (χ3n) is 1.78. The summed E-state index contributed by atoms with van der Waals surface area (Å²) < 4.78 is 0. The number of nitrogens with one attached hydrogen (secondary N) is 1. The molecule has 66 valence electrons. The van der Waals surface area contributed by atoms with Crippen LogP contribution in [0.15, 0.2) is 24.3 Å². The molecule has 1 nitrogen and oxygen atoms in total. The second kappa shape index (κ2) is 5.09. The zero-order chi connectivity index (χ0) is 8.81. The first-order chi connectivity index (χ1) is 5.86. The molecule has 1 rings (SSSR count). The van der Waals surface area contributed by atoms with Crippen molar-refractivity contribution in [1.82, 2.24) is 0 Å². The van der Waals surface area contributed by atoms with E-state index in [-0.39, 0.29) is 0 Å². The molecule has 2 heteroatoms. The van der Waals surface area contributed by atoms with Crippen molar-refractivity contribution in [1.29, 1.82) is 0 Å². The zero-order valence-corrected chi connectivity index (χ0v) is 8.27. The summed E-state index contributed by atoms with van der Waals surface area (Å²) in [4.78, 5) is 0. The molecule has 0 heterocycles. The van der Waals surface area contributed by atoms with Gasteiger partial charge in [-0.2, -0.15) is 12.6 Å². The third kappa shape index (κ3) is 2.78. The second-order valence-electron chi connectivity index (χ2n) is 2.70. The van der Waals surface area contributed by atoms with Crippen LogP contribution in [0.1, 0.15) is 12.5 Å². The minimum Gasteiger partial charge on any atom is -0.384 e. The predicted molar refractivity (Wildman–Crippen MR) is 58.2 cm³/mol. The van der Waals surface area contributed by atoms with Crippen molar-refractivity contribution in [2.24, 2.45) is 0 Å². The standard InChI is InChI=1S/C10H15NS/c1-2-9-4-3-5-10(8-9)11-6-7-12/h3-5,8,11-12H,2,6-7H2,1H3. The molecule has 0 aliphatic rings. The predicted octanol–water partition coefficient (Wildman–Crippen LogP) is 2.59. The van der Waals surface area contributed by atoms with Crippen LogP contribution in [-0.4, -0.2) is 12.3 Å². The van der Waals surface area contributed by atoms with Gasteiger partial charge in [0.05, 0.1) is 0 Å². The summed E-state index contributed by atoms with van der Waals surface area (Å²) in [7, 11) is 0. The van der Waals surface area contributed by atoms with Gasteiger partial charge in [-0.3, -0.25) is 0 Å². The molecule has 0 bridgehead atoms. The smallest absolute Gasteiger partial charge is 0.0343 e. The molecular formula is C10H15NS. The highest BCUT2D eigenvalue weighted by Crippen LogP contribution is 2.10. The van der Waals surface area contributed by atoms with Crippen molar-refractivity contribution >= 4 is 18.3 Å². The van der Waals surface area contributed by atoms with Crippen molar-refractivity contribution in [3.05, 3.63) is 29.8 Å². The highest BCUT2D eigenvalue weighted by molar-refractivity contribution is 7.80. The molecule has 0 saturated heterocycles. The molecule has 0 amide bonds. The van der Waals surface area contributed by atoms with Crippen LogP contribution in [0.2, 0.25) is 0 Å². The van der Waals surface area contributed by atoms with Gasteiger partial charge in [-0.15, -0.1) is 0 Å². The third-order valence-corrected chi connectivity index (χ3v) is 2.00. The lowest BCUT2D eigenvalue weighted by Crippen LogP contribution is -2.02. The Morgan fingerprint density at radius 2 is 2.25 bits per heavy atom. The van der Waals surface area contributed by atoms with Crippen molar-refractivity contribution in [2.75, 3.05) is 17.6 Å². The Bertz CT molecular complexity index is 235. The number of rotatable bonds is 4. The maximum atomic E-state index is 4.14. The van der Waals surface area contributed by atoms with E-state index >= 15 is 0 Å². The first-order valence-electron chi connectivity index (χ1n) is 4.30. The topological polar surface area (TPSA) is 12.0 Å². The Hall–Kier alpha value is -0.630. The van der Waals surface area contributed by atoms with Gasteiger partial charge in [0.15, 0.2) is 0 Å². The van der Waals surface area contributed by atoms with E-state index in [1.807, 2.05) is 0 Å². The maximum Gasteiger partial charge on any atom is 0.0343 e. The van der Waals surface area contributed by atoms with Crippen LogP contribution in [0.3, 0.4) is 0 Å². The van der Waals surface area contributed by atoms with Gasteiger partial charge >= 0.3 is 0 Å². The van der Waals surface area contributed by atoms with Gasteiger partial charge in [-0.1, -0.05) is 19.1 Å². The molecule has 1 aromatic rings. The van der Waals surface area contributed by atoms with E-state index in [4.69, 9.17) is 0 Å². The van der Waals surface area contributed by atoms with Crippen LogP contribution in [0.5, 0.6) is 0 Å². The average molecular weight is 181 g/mol. The first-order valence-corrected chi connectivity index (χ1v) is 4.93. The molecule has 12 heavy (non-hydrogen) atoms. The van der Waals surface area contributed by atoms with Gasteiger partial charge in [-0.05, 0) is 24.1 Å². The Kier molecular flexibility index (Phi) is 4.01. The maximum absolute atomic E-state index is 4.14. The lowest BCUT2D eigenvalue weighted by Gasteiger charge is -2.05. The summed E-state index contributed by atoms with van der Waals surface area (Å²) in [5.41, 5.74) is 2.57. The number of hydrogen-bond acceptors (Lipinski definition) is 2. The Morgan fingerprint density at radius 3 is 2.92 bits per heavy atom. The fourth-order valence-corrected chi connectivity index (χ4v) is 1.21. The van der Waals surface area contributed by atoms with E-state index in [2.05, 4.69) is 49.1 Å². The highest BCUT2D eigenvalue weighted by atomic mass is 32.1. The Balaban J connectivity index is 2.60. The Morgan fingerprint density at radius 1 is 1.42 bits per heavy atom. The van der Waals surface area contributed by atoms with Gasteiger partial charge in [0.1, 0.15) is 0 Å². The highest BCUT2D eigenvalue weighted by Gasteiger charge is 1.91. The van der Waals surface area contributed by atoms with Gasteiger partial charge < -0.3 is 5.32 Å². The van der Waals surface area contributed by atoms with Crippen molar-refractivity contribution in [2.45, 2.75) is 13.3 Å². The van der Waals surface area contributed by atoms with Gasteiger partial charge in [0.25, 0.3) is 0 Å². The quantitative estimate of drug-likeness (QED) is 0.680. The number of thiol groups is 1. The van der Waals surface area contributed by atoms with E-state index in [9.17, 15) is 0 Å². The monoisotopic (exact) mass is 181 g/mol. The summed E-state index contributed by atoms with van der Waals surface area (Å²) in [6.45, 7) is 3.09. The van der Waals surface area contributed by atoms with E-state index in [1.54, 1.807) is 0 Å². The molecule has 0 atom stereocenters. The molecule has 0 aliphatic heterocycles. The number of aryl methyl sites for hydroxylation is 1. The first kappa shape index (κ1) is 9.46. The van der Waals surface area contributed by atoms with Crippen LogP contribution in [-0.2, 0) is 6.42 Å². The van der Waals surface area contributed by atoms with Crippen molar-refractivity contribution in [3.8, 4) is 0 Å². The van der Waals surface area contributed by atoms with Crippen molar-refractivity contribution < 1.29 is 0 Å². The van der Waals surface area contributed by atoms with E-state index < -0.39 is 0 Å². The molecule has 0 aromatic heterocycles. The van der Waals surface area contributed by atoms with Gasteiger partial charge in [-0.25, -0.2) is 0 Å². The average Bonchev–Trinajstić information content (AvgIpc) is 2.15. The van der Waals surface area contributed by atoms with Gasteiger partial charge in [0, 0.05) is 18.0 Å². The SMILES string of the molecule is CCc1cccc(NCCS)c1. The van der Waals surface area contributed by atoms with E-state index in [1.165, 1.54) is 11.3 Å². The molecule has 0 fully saturated rings.